The Kier molecular flexibility index (Phi) is 4.87. The maximum atomic E-state index is 6.26. The first-order chi connectivity index (χ1) is 8.99. The van der Waals surface area contributed by atoms with Crippen LogP contribution in [-0.4, -0.2) is 35.1 Å². The number of benzene rings is 1. The van der Waals surface area contributed by atoms with E-state index in [1.807, 2.05) is 19.1 Å². The van der Waals surface area contributed by atoms with Gasteiger partial charge in [0.1, 0.15) is 5.82 Å². The van der Waals surface area contributed by atoms with Crippen LogP contribution in [0.15, 0.2) is 22.7 Å². The van der Waals surface area contributed by atoms with Crippen LogP contribution in [0.5, 0.6) is 0 Å². The summed E-state index contributed by atoms with van der Waals surface area (Å²) in [6.45, 7) is 3.97. The molecule has 1 aromatic carbocycles. The van der Waals surface area contributed by atoms with Gasteiger partial charge in [-0.25, -0.2) is 4.98 Å². The molecule has 0 spiro atoms. The molecule has 0 radical (unpaired) electrons. The first kappa shape index (κ1) is 14.8. The maximum Gasteiger partial charge on any atom is 0.127 e. The van der Waals surface area contributed by atoms with Gasteiger partial charge in [0.25, 0.3) is 0 Å². The van der Waals surface area contributed by atoms with E-state index in [0.717, 1.165) is 40.8 Å². The van der Waals surface area contributed by atoms with Crippen LogP contribution in [0.3, 0.4) is 0 Å². The van der Waals surface area contributed by atoms with Gasteiger partial charge in [-0.1, -0.05) is 15.9 Å². The zero-order valence-electron chi connectivity index (χ0n) is 11.5. The van der Waals surface area contributed by atoms with E-state index in [9.17, 15) is 0 Å². The number of nitrogens with zero attached hydrogens (tertiary/aromatic N) is 3. The Bertz CT molecular complexity index is 563. The molecule has 0 N–H and O–H groups in total. The van der Waals surface area contributed by atoms with Crippen molar-refractivity contribution in [1.82, 2.24) is 14.5 Å². The van der Waals surface area contributed by atoms with Crippen LogP contribution in [-0.2, 0) is 6.54 Å². The molecular formula is C14H19BrClN3. The van der Waals surface area contributed by atoms with Gasteiger partial charge in [-0.15, -0.1) is 11.6 Å². The van der Waals surface area contributed by atoms with Gasteiger partial charge in [0, 0.05) is 11.0 Å². The minimum atomic E-state index is -0.0782. The second-order valence-electron chi connectivity index (χ2n) is 5.03. The van der Waals surface area contributed by atoms with Gasteiger partial charge in [-0.3, -0.25) is 0 Å². The first-order valence-electron chi connectivity index (χ1n) is 6.43. The highest BCUT2D eigenvalue weighted by Crippen LogP contribution is 2.26. The third-order valence-corrected chi connectivity index (χ3v) is 3.77. The lowest BCUT2D eigenvalue weighted by molar-refractivity contribution is 0.386. The summed E-state index contributed by atoms with van der Waals surface area (Å²) in [6, 6.07) is 6.16. The molecule has 0 aliphatic rings. The number of hydrogen-bond donors (Lipinski definition) is 0. The van der Waals surface area contributed by atoms with Crippen LogP contribution < -0.4 is 0 Å². The van der Waals surface area contributed by atoms with Crippen molar-refractivity contribution in [2.24, 2.45) is 0 Å². The fourth-order valence-electron chi connectivity index (χ4n) is 2.20. The van der Waals surface area contributed by atoms with Crippen molar-refractivity contribution in [1.29, 1.82) is 0 Å². The summed E-state index contributed by atoms with van der Waals surface area (Å²) in [4.78, 5) is 6.84. The van der Waals surface area contributed by atoms with E-state index in [4.69, 9.17) is 11.6 Å². The molecule has 5 heteroatoms. The summed E-state index contributed by atoms with van der Waals surface area (Å²) in [5.74, 6) is 0.952. The number of imidazole rings is 1. The van der Waals surface area contributed by atoms with Crippen LogP contribution in [0.4, 0.5) is 0 Å². The SMILES string of the molecule is CC(Cl)c1nc2ccc(Br)cc2n1CCCN(C)C. The van der Waals surface area contributed by atoms with Crippen LogP contribution in [0.25, 0.3) is 11.0 Å². The Morgan fingerprint density at radius 3 is 2.79 bits per heavy atom. The molecule has 1 unspecified atom stereocenters. The minimum Gasteiger partial charge on any atom is -0.327 e. The molecule has 1 atom stereocenters. The lowest BCUT2D eigenvalue weighted by Gasteiger charge is -2.13. The van der Waals surface area contributed by atoms with Crippen LogP contribution in [0.1, 0.15) is 24.5 Å². The molecule has 0 bridgehead atoms. The van der Waals surface area contributed by atoms with E-state index < -0.39 is 0 Å². The molecular weight excluding hydrogens is 326 g/mol. The molecule has 1 aromatic heterocycles. The van der Waals surface area contributed by atoms with Gasteiger partial charge in [0.15, 0.2) is 0 Å². The molecule has 2 aromatic rings. The second-order valence-corrected chi connectivity index (χ2v) is 6.60. The predicted octanol–water partition coefficient (Wildman–Crippen LogP) is 4.05. The summed E-state index contributed by atoms with van der Waals surface area (Å²) in [5.41, 5.74) is 2.16. The van der Waals surface area contributed by atoms with Gasteiger partial charge in [0.2, 0.25) is 0 Å². The van der Waals surface area contributed by atoms with Crippen molar-refractivity contribution in [3.8, 4) is 0 Å². The number of aromatic nitrogens is 2. The average Bonchev–Trinajstić information content (AvgIpc) is 2.67. The summed E-state index contributed by atoms with van der Waals surface area (Å²) in [6.07, 6.45) is 1.08. The highest BCUT2D eigenvalue weighted by atomic mass is 79.9. The van der Waals surface area contributed by atoms with Gasteiger partial charge >= 0.3 is 0 Å². The lowest BCUT2D eigenvalue weighted by Crippen LogP contribution is -2.16. The third-order valence-electron chi connectivity index (χ3n) is 3.08. The zero-order valence-corrected chi connectivity index (χ0v) is 13.9. The van der Waals surface area contributed by atoms with Crippen LogP contribution in [0.2, 0.25) is 0 Å². The van der Waals surface area contributed by atoms with Crippen molar-refractivity contribution in [2.45, 2.75) is 25.3 Å². The van der Waals surface area contributed by atoms with Crippen molar-refractivity contribution in [2.75, 3.05) is 20.6 Å². The molecule has 0 aliphatic heterocycles. The molecule has 1 heterocycles. The van der Waals surface area contributed by atoms with Crippen LogP contribution in [0, 0.1) is 0 Å². The van der Waals surface area contributed by atoms with Crippen molar-refractivity contribution in [3.05, 3.63) is 28.5 Å². The standard InChI is InChI=1S/C14H19BrClN3/c1-10(16)14-17-12-6-5-11(15)9-13(12)19(14)8-4-7-18(2)3/h5-6,9-10H,4,7-8H2,1-3H3. The van der Waals surface area contributed by atoms with Gasteiger partial charge in [0.05, 0.1) is 16.4 Å². The molecule has 0 amide bonds. The molecule has 19 heavy (non-hydrogen) atoms. The monoisotopic (exact) mass is 343 g/mol. The van der Waals surface area contributed by atoms with E-state index in [0.29, 0.717) is 0 Å². The average molecular weight is 345 g/mol. The van der Waals surface area contributed by atoms with E-state index in [2.05, 4.69) is 50.5 Å². The summed E-state index contributed by atoms with van der Waals surface area (Å²) in [5, 5.41) is -0.0782. The molecule has 2 rings (SSSR count). The van der Waals surface area contributed by atoms with Crippen LogP contribution >= 0.6 is 27.5 Å². The third kappa shape index (κ3) is 3.50. The lowest BCUT2D eigenvalue weighted by atomic mass is 10.3. The number of rotatable bonds is 5. The quantitative estimate of drug-likeness (QED) is 0.763. The number of hydrogen-bond acceptors (Lipinski definition) is 2. The van der Waals surface area contributed by atoms with E-state index >= 15 is 0 Å². The number of alkyl halides is 1. The Morgan fingerprint density at radius 2 is 2.16 bits per heavy atom. The summed E-state index contributed by atoms with van der Waals surface area (Å²) >= 11 is 9.78. The minimum absolute atomic E-state index is 0.0782. The van der Waals surface area contributed by atoms with E-state index in [1.54, 1.807) is 0 Å². The highest BCUT2D eigenvalue weighted by Gasteiger charge is 2.14. The molecule has 0 aliphatic carbocycles. The fourth-order valence-corrected chi connectivity index (χ4v) is 2.71. The first-order valence-corrected chi connectivity index (χ1v) is 7.66. The fraction of sp³-hybridized carbons (Fsp3) is 0.500. The normalized spacial score (nSPS) is 13.4. The smallest absolute Gasteiger partial charge is 0.127 e. The van der Waals surface area contributed by atoms with E-state index in [-0.39, 0.29) is 5.38 Å². The van der Waals surface area contributed by atoms with Crippen molar-refractivity contribution in [3.63, 3.8) is 0 Å². The Labute approximate surface area is 127 Å². The van der Waals surface area contributed by atoms with Gasteiger partial charge in [-0.05, 0) is 52.2 Å². The van der Waals surface area contributed by atoms with Crippen molar-refractivity contribution >= 4 is 38.6 Å². The summed E-state index contributed by atoms with van der Waals surface area (Å²) < 4.78 is 3.31. The Morgan fingerprint density at radius 1 is 1.42 bits per heavy atom. The Hall–Kier alpha value is -0.580. The maximum absolute atomic E-state index is 6.26. The Balaban J connectivity index is 2.36. The number of halogens is 2. The number of aryl methyl sites for hydroxylation is 1. The highest BCUT2D eigenvalue weighted by molar-refractivity contribution is 9.10. The van der Waals surface area contributed by atoms with Crippen molar-refractivity contribution < 1.29 is 0 Å². The zero-order chi connectivity index (χ0) is 14.0. The molecule has 0 saturated heterocycles. The largest absolute Gasteiger partial charge is 0.327 e. The molecule has 0 saturated carbocycles. The molecule has 104 valence electrons. The topological polar surface area (TPSA) is 21.1 Å². The molecule has 3 nitrogen and oxygen atoms in total. The molecule has 0 fully saturated rings. The predicted molar refractivity (Wildman–Crippen MR) is 84.9 cm³/mol. The van der Waals surface area contributed by atoms with E-state index in [1.165, 1.54) is 0 Å². The van der Waals surface area contributed by atoms with Gasteiger partial charge < -0.3 is 9.47 Å². The number of fused-ring (bicyclic) bond motifs is 1. The summed E-state index contributed by atoms with van der Waals surface area (Å²) in [7, 11) is 4.18. The second kappa shape index (κ2) is 6.25. The van der Waals surface area contributed by atoms with Gasteiger partial charge in [-0.2, -0.15) is 0 Å².